The number of hydrogen-bond donors (Lipinski definition) is 1. The summed E-state index contributed by atoms with van der Waals surface area (Å²) in [7, 11) is -1.79. The van der Waals surface area contributed by atoms with Crippen molar-refractivity contribution in [2.75, 3.05) is 6.54 Å². The molecule has 1 saturated carbocycles. The molecule has 26 heavy (non-hydrogen) atoms. The van der Waals surface area contributed by atoms with E-state index in [4.69, 9.17) is 27.6 Å². The van der Waals surface area contributed by atoms with Crippen LogP contribution in [0.3, 0.4) is 0 Å². The van der Waals surface area contributed by atoms with E-state index < -0.39 is 8.32 Å². The van der Waals surface area contributed by atoms with Gasteiger partial charge in [0, 0.05) is 30.5 Å². The van der Waals surface area contributed by atoms with E-state index in [-0.39, 0.29) is 6.10 Å². The molecule has 1 aromatic rings. The molecule has 0 spiro atoms. The zero-order valence-corrected chi connectivity index (χ0v) is 19.2. The Kier molecular flexibility index (Phi) is 8.88. The molecule has 3 nitrogen and oxygen atoms in total. The van der Waals surface area contributed by atoms with E-state index in [1.54, 1.807) is 12.4 Å². The lowest BCUT2D eigenvalue weighted by Crippen LogP contribution is -2.42. The number of rotatable bonds is 10. The van der Waals surface area contributed by atoms with E-state index in [0.717, 1.165) is 36.2 Å². The largest absolute Gasteiger partial charge is 0.409 e. The molecule has 2 rings (SSSR count). The van der Waals surface area contributed by atoms with Crippen LogP contribution < -0.4 is 5.32 Å². The topological polar surface area (TPSA) is 34.1 Å². The second kappa shape index (κ2) is 10.4. The van der Waals surface area contributed by atoms with Crippen molar-refractivity contribution in [1.29, 1.82) is 0 Å². The third kappa shape index (κ3) is 5.45. The fraction of sp³-hybridized carbons (Fsp3) is 0.750. The van der Waals surface area contributed by atoms with Crippen molar-refractivity contribution in [1.82, 2.24) is 10.3 Å². The molecule has 0 saturated heterocycles. The minimum atomic E-state index is -1.79. The molecule has 0 amide bonds. The first-order valence-electron chi connectivity index (χ1n) is 10.2. The van der Waals surface area contributed by atoms with Crippen molar-refractivity contribution in [3.05, 3.63) is 28.0 Å². The van der Waals surface area contributed by atoms with E-state index in [1.807, 2.05) is 0 Å². The van der Waals surface area contributed by atoms with Crippen LogP contribution in [0.5, 0.6) is 0 Å². The van der Waals surface area contributed by atoms with Gasteiger partial charge in [0.2, 0.25) is 0 Å². The Bertz CT molecular complexity index is 534. The van der Waals surface area contributed by atoms with Crippen LogP contribution >= 0.6 is 23.2 Å². The van der Waals surface area contributed by atoms with Crippen LogP contribution in [0.4, 0.5) is 0 Å². The van der Waals surface area contributed by atoms with Crippen LogP contribution in [0.25, 0.3) is 0 Å². The van der Waals surface area contributed by atoms with E-state index in [1.165, 1.54) is 25.7 Å². The molecule has 2 unspecified atom stereocenters. The fourth-order valence-corrected chi connectivity index (χ4v) is 7.56. The molecule has 6 heteroatoms. The van der Waals surface area contributed by atoms with Gasteiger partial charge in [-0.1, -0.05) is 56.8 Å². The first-order chi connectivity index (χ1) is 12.5. The number of nitrogens with zero attached hydrogens (tertiary/aromatic N) is 1. The standard InChI is InChI=1S/C20H34Cl2N2OSi/c1-5-26(6-2,7-3)25-19(20-17(21)12-23-13-18(20)22)14-24-15(4)16-10-8-9-11-16/h12-13,15-16,19,24H,5-11,14H2,1-4H3. The van der Waals surface area contributed by atoms with Gasteiger partial charge in [0.1, 0.15) is 0 Å². The Hall–Kier alpha value is -0.133. The molecule has 0 aliphatic heterocycles. The molecule has 1 aliphatic rings. The first kappa shape index (κ1) is 22.2. The maximum Gasteiger partial charge on any atom is 0.192 e. The molecular formula is C20H34Cl2N2OSi. The Labute approximate surface area is 170 Å². The van der Waals surface area contributed by atoms with Gasteiger partial charge in [-0.2, -0.15) is 0 Å². The maximum atomic E-state index is 6.83. The Morgan fingerprint density at radius 3 is 2.15 bits per heavy atom. The second-order valence-electron chi connectivity index (χ2n) is 7.61. The Morgan fingerprint density at radius 1 is 1.12 bits per heavy atom. The maximum absolute atomic E-state index is 6.83. The van der Waals surface area contributed by atoms with Crippen molar-refractivity contribution in [2.24, 2.45) is 5.92 Å². The van der Waals surface area contributed by atoms with E-state index in [2.05, 4.69) is 38.0 Å². The van der Waals surface area contributed by atoms with Gasteiger partial charge < -0.3 is 9.74 Å². The summed E-state index contributed by atoms with van der Waals surface area (Å²) in [6.07, 6.45) is 8.60. The normalized spacial score (nSPS) is 18.2. The van der Waals surface area contributed by atoms with Gasteiger partial charge >= 0.3 is 0 Å². The molecule has 1 aromatic heterocycles. The lowest BCUT2D eigenvalue weighted by Gasteiger charge is -2.35. The summed E-state index contributed by atoms with van der Waals surface area (Å²) in [4.78, 5) is 4.11. The lowest BCUT2D eigenvalue weighted by atomic mass is 9.99. The molecule has 2 atom stereocenters. The van der Waals surface area contributed by atoms with Crippen molar-refractivity contribution < 1.29 is 4.43 Å². The summed E-state index contributed by atoms with van der Waals surface area (Å²) in [6.45, 7) is 9.80. The molecule has 1 fully saturated rings. The average Bonchev–Trinajstić information content (AvgIpc) is 3.18. The number of aromatic nitrogens is 1. The summed E-state index contributed by atoms with van der Waals surface area (Å²) in [5.74, 6) is 0.768. The van der Waals surface area contributed by atoms with Crippen molar-refractivity contribution in [2.45, 2.75) is 83.7 Å². The summed E-state index contributed by atoms with van der Waals surface area (Å²) < 4.78 is 6.83. The smallest absolute Gasteiger partial charge is 0.192 e. The molecular weight excluding hydrogens is 383 g/mol. The molecule has 148 valence electrons. The van der Waals surface area contributed by atoms with Crippen LogP contribution in [-0.4, -0.2) is 25.9 Å². The highest BCUT2D eigenvalue weighted by Crippen LogP contribution is 2.36. The Balaban J connectivity index is 2.20. The third-order valence-corrected chi connectivity index (χ3v) is 11.5. The number of pyridine rings is 1. The summed E-state index contributed by atoms with van der Waals surface area (Å²) in [5.41, 5.74) is 0.890. The number of halogens is 2. The highest BCUT2D eigenvalue weighted by molar-refractivity contribution is 6.73. The van der Waals surface area contributed by atoms with Gasteiger partial charge in [0.25, 0.3) is 0 Å². The molecule has 0 radical (unpaired) electrons. The molecule has 0 bridgehead atoms. The fourth-order valence-electron chi connectivity index (χ4n) is 4.15. The van der Waals surface area contributed by atoms with Gasteiger partial charge in [-0.25, -0.2) is 0 Å². The minimum absolute atomic E-state index is 0.117. The second-order valence-corrected chi connectivity index (χ2v) is 13.1. The SMILES string of the molecule is CC[Si](CC)(CC)OC(CNC(C)C1CCCC1)c1c(Cl)cncc1Cl. The minimum Gasteiger partial charge on any atom is -0.409 e. The first-order valence-corrected chi connectivity index (χ1v) is 13.4. The summed E-state index contributed by atoms with van der Waals surface area (Å²) in [6, 6.07) is 3.81. The average molecular weight is 417 g/mol. The number of hydrogen-bond acceptors (Lipinski definition) is 3. The third-order valence-electron chi connectivity index (χ3n) is 6.27. The zero-order chi connectivity index (χ0) is 19.2. The van der Waals surface area contributed by atoms with E-state index >= 15 is 0 Å². The molecule has 1 N–H and O–H groups in total. The van der Waals surface area contributed by atoms with Gasteiger partial charge in [-0.15, -0.1) is 0 Å². The monoisotopic (exact) mass is 416 g/mol. The zero-order valence-electron chi connectivity index (χ0n) is 16.7. The predicted molar refractivity (Wildman–Crippen MR) is 115 cm³/mol. The number of nitrogens with one attached hydrogen (secondary N) is 1. The summed E-state index contributed by atoms with van der Waals surface area (Å²) in [5, 5.41) is 4.93. The van der Waals surface area contributed by atoms with Gasteiger partial charge in [0.15, 0.2) is 8.32 Å². The predicted octanol–water partition coefficient (Wildman–Crippen LogP) is 6.62. The van der Waals surface area contributed by atoms with Crippen molar-refractivity contribution in [3.63, 3.8) is 0 Å². The highest BCUT2D eigenvalue weighted by Gasteiger charge is 2.34. The molecule has 1 aliphatic carbocycles. The van der Waals surface area contributed by atoms with Gasteiger partial charge in [-0.3, -0.25) is 4.98 Å². The van der Waals surface area contributed by atoms with E-state index in [9.17, 15) is 0 Å². The van der Waals surface area contributed by atoms with Crippen LogP contribution in [0.15, 0.2) is 12.4 Å². The van der Waals surface area contributed by atoms with E-state index in [0.29, 0.717) is 16.1 Å². The van der Waals surface area contributed by atoms with Crippen molar-refractivity contribution >= 4 is 31.5 Å². The molecule has 1 heterocycles. The van der Waals surface area contributed by atoms with Gasteiger partial charge in [-0.05, 0) is 43.8 Å². The van der Waals surface area contributed by atoms with Crippen LogP contribution in [0.1, 0.15) is 65.0 Å². The van der Waals surface area contributed by atoms with Crippen LogP contribution in [0.2, 0.25) is 28.2 Å². The van der Waals surface area contributed by atoms with Crippen LogP contribution in [0, 0.1) is 5.92 Å². The van der Waals surface area contributed by atoms with Crippen LogP contribution in [-0.2, 0) is 4.43 Å². The lowest BCUT2D eigenvalue weighted by molar-refractivity contribution is 0.176. The molecule has 0 aromatic carbocycles. The Morgan fingerprint density at radius 2 is 1.65 bits per heavy atom. The summed E-state index contributed by atoms with van der Waals surface area (Å²) >= 11 is 13.0. The highest BCUT2D eigenvalue weighted by atomic mass is 35.5. The van der Waals surface area contributed by atoms with Gasteiger partial charge in [0.05, 0.1) is 16.1 Å². The van der Waals surface area contributed by atoms with Crippen molar-refractivity contribution in [3.8, 4) is 0 Å². The quantitative estimate of drug-likeness (QED) is 0.435.